The zero-order chi connectivity index (χ0) is 21.9. The molecule has 4 amide bonds. The first-order valence-corrected chi connectivity index (χ1v) is 9.88. The van der Waals surface area contributed by atoms with Crippen LogP contribution in [-0.4, -0.2) is 47.3 Å². The highest BCUT2D eigenvalue weighted by Crippen LogP contribution is 2.31. The molecule has 1 heterocycles. The van der Waals surface area contributed by atoms with Crippen LogP contribution in [0.15, 0.2) is 54.6 Å². The van der Waals surface area contributed by atoms with E-state index in [1.807, 2.05) is 44.2 Å². The average molecular weight is 409 g/mol. The second-order valence-corrected chi connectivity index (χ2v) is 7.78. The molecule has 158 valence electrons. The van der Waals surface area contributed by atoms with Crippen molar-refractivity contribution in [1.82, 2.24) is 15.1 Å². The molecule has 0 radical (unpaired) electrons. The number of benzene rings is 2. The van der Waals surface area contributed by atoms with Gasteiger partial charge >= 0.3 is 6.03 Å². The van der Waals surface area contributed by atoms with Crippen molar-refractivity contribution in [3.63, 3.8) is 0 Å². The van der Waals surface area contributed by atoms with Gasteiger partial charge in [0.2, 0.25) is 5.91 Å². The number of urea groups is 1. The van der Waals surface area contributed by atoms with E-state index in [0.29, 0.717) is 17.9 Å². The quantitative estimate of drug-likeness (QED) is 0.713. The first kappa shape index (κ1) is 21.4. The molecule has 0 aliphatic carbocycles. The van der Waals surface area contributed by atoms with Crippen LogP contribution in [-0.2, 0) is 21.7 Å². The third-order valence-electron chi connectivity index (χ3n) is 5.35. The first-order valence-electron chi connectivity index (χ1n) is 9.88. The Balaban J connectivity index is 1.79. The van der Waals surface area contributed by atoms with Crippen molar-refractivity contribution in [2.75, 3.05) is 13.7 Å². The highest BCUT2D eigenvalue weighted by molar-refractivity contribution is 6.09. The summed E-state index contributed by atoms with van der Waals surface area (Å²) in [5, 5.41) is 2.73. The molecule has 1 fully saturated rings. The van der Waals surface area contributed by atoms with E-state index in [4.69, 9.17) is 4.74 Å². The van der Waals surface area contributed by atoms with Gasteiger partial charge in [-0.3, -0.25) is 14.5 Å². The normalized spacial score (nSPS) is 18.5. The van der Waals surface area contributed by atoms with Gasteiger partial charge in [0.05, 0.1) is 7.11 Å². The lowest BCUT2D eigenvalue weighted by molar-refractivity contribution is -0.140. The molecule has 0 saturated carbocycles. The minimum absolute atomic E-state index is 0.0803. The smallest absolute Gasteiger partial charge is 0.325 e. The predicted molar refractivity (Wildman–Crippen MR) is 113 cm³/mol. The van der Waals surface area contributed by atoms with Gasteiger partial charge < -0.3 is 15.0 Å². The van der Waals surface area contributed by atoms with E-state index in [-0.39, 0.29) is 18.5 Å². The number of amides is 4. The zero-order valence-corrected chi connectivity index (χ0v) is 17.7. The largest absolute Gasteiger partial charge is 0.497 e. The molecule has 1 aliphatic rings. The van der Waals surface area contributed by atoms with Crippen LogP contribution in [0, 0.1) is 0 Å². The van der Waals surface area contributed by atoms with Crippen LogP contribution >= 0.6 is 0 Å². The van der Waals surface area contributed by atoms with Gasteiger partial charge in [-0.05, 0) is 44.0 Å². The molecule has 2 aromatic rings. The van der Waals surface area contributed by atoms with E-state index in [1.54, 1.807) is 36.1 Å². The monoisotopic (exact) mass is 409 g/mol. The number of carbonyl (C=O) groups is 3. The van der Waals surface area contributed by atoms with Crippen molar-refractivity contribution in [2.45, 2.75) is 38.9 Å². The summed E-state index contributed by atoms with van der Waals surface area (Å²) in [7, 11) is 1.54. The number of nitrogens with zero attached hydrogens (tertiary/aromatic N) is 2. The van der Waals surface area contributed by atoms with Crippen LogP contribution in [0.5, 0.6) is 5.75 Å². The van der Waals surface area contributed by atoms with Gasteiger partial charge in [-0.2, -0.15) is 0 Å². The van der Waals surface area contributed by atoms with E-state index < -0.39 is 17.5 Å². The fourth-order valence-corrected chi connectivity index (χ4v) is 3.54. The van der Waals surface area contributed by atoms with Gasteiger partial charge in [0.25, 0.3) is 5.91 Å². The summed E-state index contributed by atoms with van der Waals surface area (Å²) in [5.74, 6) is -0.163. The summed E-state index contributed by atoms with van der Waals surface area (Å²) >= 11 is 0. The van der Waals surface area contributed by atoms with Gasteiger partial charge in [0.15, 0.2) is 0 Å². The van der Waals surface area contributed by atoms with E-state index in [0.717, 1.165) is 10.5 Å². The number of imide groups is 1. The summed E-state index contributed by atoms with van der Waals surface area (Å²) in [6.07, 6.45) is 0. The number of methoxy groups -OCH3 is 1. The molecule has 7 heteroatoms. The van der Waals surface area contributed by atoms with Gasteiger partial charge in [-0.1, -0.05) is 42.5 Å². The van der Waals surface area contributed by atoms with Gasteiger partial charge in [-0.15, -0.1) is 0 Å². The SMILES string of the molecule is COc1cccc([C@]2(C)NC(=O)N(CC(=O)N(Cc3ccccc3)C(C)C)C2=O)c1. The molecule has 1 atom stereocenters. The van der Waals surface area contributed by atoms with E-state index in [1.165, 1.54) is 7.11 Å². The minimum atomic E-state index is -1.26. The lowest BCUT2D eigenvalue weighted by atomic mass is 9.92. The van der Waals surface area contributed by atoms with Crippen LogP contribution in [0.25, 0.3) is 0 Å². The molecule has 0 bridgehead atoms. The fourth-order valence-electron chi connectivity index (χ4n) is 3.54. The number of ether oxygens (including phenoxy) is 1. The van der Waals surface area contributed by atoms with Crippen molar-refractivity contribution >= 4 is 17.8 Å². The van der Waals surface area contributed by atoms with Crippen molar-refractivity contribution < 1.29 is 19.1 Å². The highest BCUT2D eigenvalue weighted by Gasteiger charge is 2.49. The zero-order valence-electron chi connectivity index (χ0n) is 17.7. The topological polar surface area (TPSA) is 79.0 Å². The average Bonchev–Trinajstić information content (AvgIpc) is 2.96. The van der Waals surface area contributed by atoms with Crippen LogP contribution in [0.3, 0.4) is 0 Å². The third-order valence-corrected chi connectivity index (χ3v) is 5.35. The first-order chi connectivity index (χ1) is 14.3. The summed E-state index contributed by atoms with van der Waals surface area (Å²) in [4.78, 5) is 41.4. The second kappa shape index (κ2) is 8.57. The minimum Gasteiger partial charge on any atom is -0.497 e. The Kier molecular flexibility index (Phi) is 6.10. The van der Waals surface area contributed by atoms with Crippen molar-refractivity contribution in [3.05, 3.63) is 65.7 Å². The van der Waals surface area contributed by atoms with Gasteiger partial charge in [0.1, 0.15) is 17.8 Å². The van der Waals surface area contributed by atoms with E-state index in [2.05, 4.69) is 5.32 Å². The molecule has 7 nitrogen and oxygen atoms in total. The van der Waals surface area contributed by atoms with Gasteiger partial charge in [0, 0.05) is 12.6 Å². The standard InChI is InChI=1S/C23H27N3O4/c1-16(2)25(14-17-9-6-5-7-10-17)20(27)15-26-21(28)23(3,24-22(26)29)18-11-8-12-19(13-18)30-4/h5-13,16H,14-15H2,1-4H3,(H,24,29)/t23-/m0/s1. The Morgan fingerprint density at radius 3 is 2.47 bits per heavy atom. The van der Waals surface area contributed by atoms with E-state index in [9.17, 15) is 14.4 Å². The second-order valence-electron chi connectivity index (χ2n) is 7.78. The van der Waals surface area contributed by atoms with Crippen LogP contribution in [0.2, 0.25) is 0 Å². The van der Waals surface area contributed by atoms with Crippen LogP contribution < -0.4 is 10.1 Å². The molecule has 1 aliphatic heterocycles. The van der Waals surface area contributed by atoms with Gasteiger partial charge in [-0.25, -0.2) is 4.79 Å². The molecule has 0 unspecified atom stereocenters. The van der Waals surface area contributed by atoms with Crippen molar-refractivity contribution in [1.29, 1.82) is 0 Å². The lowest BCUT2D eigenvalue weighted by Gasteiger charge is -2.28. The Labute approximate surface area is 176 Å². The highest BCUT2D eigenvalue weighted by atomic mass is 16.5. The molecular formula is C23H27N3O4. The Hall–Kier alpha value is -3.35. The molecule has 3 rings (SSSR count). The summed E-state index contributed by atoms with van der Waals surface area (Å²) < 4.78 is 5.23. The Morgan fingerprint density at radius 2 is 1.83 bits per heavy atom. The van der Waals surface area contributed by atoms with E-state index >= 15 is 0 Å². The summed E-state index contributed by atoms with van der Waals surface area (Å²) in [6, 6.07) is 15.9. The molecule has 1 saturated heterocycles. The van der Waals surface area contributed by atoms with Crippen LogP contribution in [0.1, 0.15) is 31.9 Å². The number of rotatable bonds is 7. The van der Waals surface area contributed by atoms with Crippen LogP contribution in [0.4, 0.5) is 4.79 Å². The Bertz CT molecular complexity index is 944. The number of hydrogen-bond donors (Lipinski definition) is 1. The third kappa shape index (κ3) is 4.15. The number of hydrogen-bond acceptors (Lipinski definition) is 4. The maximum Gasteiger partial charge on any atom is 0.325 e. The summed E-state index contributed by atoms with van der Waals surface area (Å²) in [6.45, 7) is 5.56. The molecular weight excluding hydrogens is 382 g/mol. The summed E-state index contributed by atoms with van der Waals surface area (Å²) in [5.41, 5.74) is 0.326. The number of nitrogens with one attached hydrogen (secondary N) is 1. The maximum atomic E-state index is 13.2. The molecule has 0 spiro atoms. The predicted octanol–water partition coefficient (Wildman–Crippen LogP) is 2.90. The number of carbonyl (C=O) groups excluding carboxylic acids is 3. The molecule has 1 N–H and O–H groups in total. The van der Waals surface area contributed by atoms with Crippen molar-refractivity contribution in [3.8, 4) is 5.75 Å². The maximum absolute atomic E-state index is 13.2. The lowest BCUT2D eigenvalue weighted by Crippen LogP contribution is -2.46. The fraction of sp³-hybridized carbons (Fsp3) is 0.348. The Morgan fingerprint density at radius 1 is 1.13 bits per heavy atom. The van der Waals surface area contributed by atoms with Crippen molar-refractivity contribution in [2.24, 2.45) is 0 Å². The molecule has 0 aromatic heterocycles. The molecule has 30 heavy (non-hydrogen) atoms. The molecule has 2 aromatic carbocycles.